The number of carbonyl (C=O) groups excluding carboxylic acids is 2. The van der Waals surface area contributed by atoms with Crippen LogP contribution in [0.4, 0.5) is 5.69 Å². The molecule has 0 aliphatic carbocycles. The second-order valence-corrected chi connectivity index (χ2v) is 4.68. The Morgan fingerprint density at radius 2 is 2.16 bits per heavy atom. The van der Waals surface area contributed by atoms with Gasteiger partial charge in [-0.3, -0.25) is 9.59 Å². The Kier molecular flexibility index (Phi) is 4.20. The lowest BCUT2D eigenvalue weighted by molar-refractivity contribution is -0.133. The van der Waals surface area contributed by atoms with Crippen LogP contribution in [0.15, 0.2) is 24.3 Å². The van der Waals surface area contributed by atoms with Crippen LogP contribution in [-0.2, 0) is 9.59 Å². The summed E-state index contributed by atoms with van der Waals surface area (Å²) in [5.41, 5.74) is 0.753. The van der Waals surface area contributed by atoms with Gasteiger partial charge in [0.15, 0.2) is 0 Å². The van der Waals surface area contributed by atoms with E-state index in [-0.39, 0.29) is 11.7 Å². The van der Waals surface area contributed by atoms with E-state index in [2.05, 4.69) is 0 Å². The van der Waals surface area contributed by atoms with E-state index in [1.807, 2.05) is 24.3 Å². The lowest BCUT2D eigenvalue weighted by Crippen LogP contribution is -2.44. The van der Waals surface area contributed by atoms with Crippen LogP contribution in [0.2, 0.25) is 0 Å². The van der Waals surface area contributed by atoms with Crippen LogP contribution in [0.3, 0.4) is 0 Å². The van der Waals surface area contributed by atoms with E-state index in [0.29, 0.717) is 25.1 Å². The third-order valence-corrected chi connectivity index (χ3v) is 3.55. The summed E-state index contributed by atoms with van der Waals surface area (Å²) >= 11 is 0. The van der Waals surface area contributed by atoms with Crippen molar-refractivity contribution in [3.05, 3.63) is 24.3 Å². The van der Waals surface area contributed by atoms with Crippen LogP contribution < -0.4 is 9.64 Å². The second kappa shape index (κ2) is 5.87. The maximum absolute atomic E-state index is 12.4. The average molecular weight is 261 g/mol. The normalized spacial score (nSPS) is 19.4. The molecule has 1 aromatic carbocycles. The molecule has 0 spiro atoms. The molecule has 4 nitrogen and oxygen atoms in total. The van der Waals surface area contributed by atoms with Gasteiger partial charge in [0, 0.05) is 13.0 Å². The topological polar surface area (TPSA) is 46.6 Å². The zero-order chi connectivity index (χ0) is 13.8. The number of para-hydroxylation sites is 2. The van der Waals surface area contributed by atoms with E-state index < -0.39 is 5.92 Å². The van der Waals surface area contributed by atoms with Gasteiger partial charge in [0.1, 0.15) is 11.5 Å². The molecule has 0 aromatic heterocycles. The van der Waals surface area contributed by atoms with Gasteiger partial charge in [-0.2, -0.15) is 0 Å². The summed E-state index contributed by atoms with van der Waals surface area (Å²) < 4.78 is 5.29. The number of ether oxygens (including phenoxy) is 1. The van der Waals surface area contributed by atoms with Crippen LogP contribution in [0.5, 0.6) is 5.75 Å². The number of ketones is 1. The Morgan fingerprint density at radius 3 is 2.84 bits per heavy atom. The number of benzene rings is 1. The third kappa shape index (κ3) is 2.62. The predicted octanol–water partition coefficient (Wildman–Crippen LogP) is 2.42. The van der Waals surface area contributed by atoms with E-state index >= 15 is 0 Å². The molecule has 1 fully saturated rings. The first kappa shape index (κ1) is 13.6. The van der Waals surface area contributed by atoms with Gasteiger partial charge >= 0.3 is 0 Å². The molecule has 102 valence electrons. The first-order chi connectivity index (χ1) is 9.19. The van der Waals surface area contributed by atoms with Crippen LogP contribution >= 0.6 is 0 Å². The van der Waals surface area contributed by atoms with Gasteiger partial charge in [-0.15, -0.1) is 0 Å². The Morgan fingerprint density at radius 1 is 1.42 bits per heavy atom. The second-order valence-electron chi connectivity index (χ2n) is 4.68. The Balaban J connectivity index is 2.29. The molecule has 1 amide bonds. The first-order valence-corrected chi connectivity index (χ1v) is 6.66. The number of nitrogens with zero attached hydrogens (tertiary/aromatic N) is 1. The highest BCUT2D eigenvalue weighted by molar-refractivity contribution is 6.09. The molecule has 19 heavy (non-hydrogen) atoms. The highest BCUT2D eigenvalue weighted by atomic mass is 16.5. The molecule has 1 aliphatic heterocycles. The molecular formula is C15H19NO3. The van der Waals surface area contributed by atoms with E-state index in [0.717, 1.165) is 12.1 Å². The number of amides is 1. The number of methoxy groups -OCH3 is 1. The number of piperidine rings is 1. The fourth-order valence-electron chi connectivity index (χ4n) is 2.51. The van der Waals surface area contributed by atoms with Crippen LogP contribution in [-0.4, -0.2) is 25.3 Å². The smallest absolute Gasteiger partial charge is 0.237 e. The third-order valence-electron chi connectivity index (χ3n) is 3.55. The molecule has 0 bridgehead atoms. The molecule has 1 heterocycles. The number of carbonyl (C=O) groups is 2. The summed E-state index contributed by atoms with van der Waals surface area (Å²) in [4.78, 5) is 26.0. The Hall–Kier alpha value is -1.84. The average Bonchev–Trinajstić information content (AvgIpc) is 2.46. The van der Waals surface area contributed by atoms with Crippen LogP contribution in [0.25, 0.3) is 0 Å². The lowest BCUT2D eigenvalue weighted by atomic mass is 9.91. The minimum absolute atomic E-state index is 0.0320. The number of anilines is 1. The zero-order valence-corrected chi connectivity index (χ0v) is 11.4. The van der Waals surface area contributed by atoms with E-state index in [9.17, 15) is 9.59 Å². The van der Waals surface area contributed by atoms with Crippen molar-refractivity contribution in [3.63, 3.8) is 0 Å². The van der Waals surface area contributed by atoms with Crippen molar-refractivity contribution in [2.75, 3.05) is 18.6 Å². The van der Waals surface area contributed by atoms with Gasteiger partial charge in [0.2, 0.25) is 5.91 Å². The molecule has 0 radical (unpaired) electrons. The van der Waals surface area contributed by atoms with Crippen LogP contribution in [0, 0.1) is 5.92 Å². The summed E-state index contributed by atoms with van der Waals surface area (Å²) in [6.07, 6.45) is 1.92. The predicted molar refractivity (Wildman–Crippen MR) is 73.4 cm³/mol. The van der Waals surface area contributed by atoms with Gasteiger partial charge in [-0.05, 0) is 25.0 Å². The van der Waals surface area contributed by atoms with Gasteiger partial charge in [-0.25, -0.2) is 0 Å². The fraction of sp³-hybridized carbons (Fsp3) is 0.467. The quantitative estimate of drug-likeness (QED) is 0.782. The van der Waals surface area contributed by atoms with Crippen molar-refractivity contribution in [2.45, 2.75) is 26.2 Å². The highest BCUT2D eigenvalue weighted by Gasteiger charge is 2.34. The summed E-state index contributed by atoms with van der Waals surface area (Å²) in [7, 11) is 1.59. The van der Waals surface area contributed by atoms with Crippen molar-refractivity contribution in [1.29, 1.82) is 0 Å². The standard InChI is InChI=1S/C15H19NO3/c1-3-13(17)11-7-6-10-16(15(11)18)12-8-4-5-9-14(12)19-2/h4-5,8-9,11H,3,6-7,10H2,1-2H3/t11-/m1/s1. The molecule has 2 rings (SSSR count). The summed E-state index contributed by atoms with van der Waals surface area (Å²) in [6.45, 7) is 2.45. The molecule has 4 heteroatoms. The van der Waals surface area contributed by atoms with E-state index in [1.165, 1.54) is 0 Å². The molecule has 1 saturated heterocycles. The Bertz CT molecular complexity index is 484. The molecule has 1 atom stereocenters. The first-order valence-electron chi connectivity index (χ1n) is 6.66. The number of hydrogen-bond acceptors (Lipinski definition) is 3. The Labute approximate surface area is 113 Å². The summed E-state index contributed by atoms with van der Waals surface area (Å²) in [5.74, 6) is 0.122. The molecule has 0 unspecified atom stereocenters. The van der Waals surface area contributed by atoms with Crippen molar-refractivity contribution < 1.29 is 14.3 Å². The SMILES string of the molecule is CCC(=O)[C@H]1CCCN(c2ccccc2OC)C1=O. The number of rotatable bonds is 4. The monoisotopic (exact) mass is 261 g/mol. The van der Waals surface area contributed by atoms with Crippen molar-refractivity contribution in [3.8, 4) is 5.75 Å². The minimum atomic E-state index is -0.483. The highest BCUT2D eigenvalue weighted by Crippen LogP contribution is 2.32. The largest absolute Gasteiger partial charge is 0.495 e. The molecule has 0 saturated carbocycles. The van der Waals surface area contributed by atoms with Gasteiger partial charge in [-0.1, -0.05) is 19.1 Å². The number of hydrogen-bond donors (Lipinski definition) is 0. The van der Waals surface area contributed by atoms with Crippen molar-refractivity contribution >= 4 is 17.4 Å². The van der Waals surface area contributed by atoms with Gasteiger partial charge < -0.3 is 9.64 Å². The molecule has 1 aromatic rings. The fourth-order valence-corrected chi connectivity index (χ4v) is 2.51. The summed E-state index contributed by atoms with van der Waals surface area (Å²) in [5, 5.41) is 0. The zero-order valence-electron chi connectivity index (χ0n) is 11.4. The molecular weight excluding hydrogens is 242 g/mol. The number of Topliss-reactive ketones (excluding diaryl/α,β-unsaturated/α-hetero) is 1. The summed E-state index contributed by atoms with van der Waals surface area (Å²) in [6, 6.07) is 7.42. The van der Waals surface area contributed by atoms with Crippen molar-refractivity contribution in [2.24, 2.45) is 5.92 Å². The van der Waals surface area contributed by atoms with Crippen LogP contribution in [0.1, 0.15) is 26.2 Å². The maximum Gasteiger partial charge on any atom is 0.237 e. The minimum Gasteiger partial charge on any atom is -0.495 e. The van der Waals surface area contributed by atoms with E-state index in [4.69, 9.17) is 4.74 Å². The van der Waals surface area contributed by atoms with Gasteiger partial charge in [0.05, 0.1) is 18.7 Å². The van der Waals surface area contributed by atoms with E-state index in [1.54, 1.807) is 18.9 Å². The lowest BCUT2D eigenvalue weighted by Gasteiger charge is -2.32. The molecule has 0 N–H and O–H groups in total. The molecule has 1 aliphatic rings. The van der Waals surface area contributed by atoms with Crippen molar-refractivity contribution in [1.82, 2.24) is 0 Å². The van der Waals surface area contributed by atoms with Gasteiger partial charge in [0.25, 0.3) is 0 Å². The maximum atomic E-state index is 12.4.